The molecule has 0 radical (unpaired) electrons. The van der Waals surface area contributed by atoms with Crippen LogP contribution in [0.25, 0.3) is 0 Å². The van der Waals surface area contributed by atoms with Crippen LogP contribution in [0.3, 0.4) is 0 Å². The molecule has 2 aliphatic rings. The summed E-state index contributed by atoms with van der Waals surface area (Å²) in [4.78, 5) is 12.9. The number of carboxylic acid groups (broad SMARTS) is 1. The topological polar surface area (TPSA) is 83.9 Å². The molecule has 1 saturated heterocycles. The maximum atomic E-state index is 11.4. The van der Waals surface area contributed by atoms with Gasteiger partial charge in [-0.15, -0.1) is 0 Å². The quantitative estimate of drug-likeness (QED) is 0.802. The monoisotopic (exact) mass is 333 g/mol. The van der Waals surface area contributed by atoms with Gasteiger partial charge in [0, 0.05) is 18.0 Å². The van der Waals surface area contributed by atoms with Gasteiger partial charge in [0.1, 0.15) is 0 Å². The summed E-state index contributed by atoms with van der Waals surface area (Å²) in [5.41, 5.74) is -0.0367. The molecule has 6 nitrogen and oxygen atoms in total. The lowest BCUT2D eigenvalue weighted by atomic mass is 9.55. The minimum Gasteiger partial charge on any atom is -0.465 e. The van der Waals surface area contributed by atoms with Crippen molar-refractivity contribution in [3.63, 3.8) is 0 Å². The average Bonchev–Trinajstić information content (AvgIpc) is 2.31. The molecule has 22 heavy (non-hydrogen) atoms. The van der Waals surface area contributed by atoms with Gasteiger partial charge in [0.2, 0.25) is 0 Å². The highest BCUT2D eigenvalue weighted by Crippen LogP contribution is 2.55. The smallest absolute Gasteiger partial charge is 0.407 e. The molecular formula is C15H27NO5S. The summed E-state index contributed by atoms with van der Waals surface area (Å²) in [7, 11) is -3.38. The molecule has 0 aromatic heterocycles. The number of amides is 1. The second kappa shape index (κ2) is 5.67. The highest BCUT2D eigenvalue weighted by atomic mass is 32.2. The number of nitrogens with zero attached hydrogens (tertiary/aromatic N) is 1. The van der Waals surface area contributed by atoms with Crippen molar-refractivity contribution in [2.75, 3.05) is 19.4 Å². The van der Waals surface area contributed by atoms with Crippen LogP contribution in [0.2, 0.25) is 0 Å². The fourth-order valence-electron chi connectivity index (χ4n) is 4.37. The Bertz CT molecular complexity index is 529. The van der Waals surface area contributed by atoms with Crippen molar-refractivity contribution in [1.29, 1.82) is 0 Å². The molecule has 1 saturated carbocycles. The van der Waals surface area contributed by atoms with Crippen molar-refractivity contribution in [3.05, 3.63) is 0 Å². The van der Waals surface area contributed by atoms with Crippen LogP contribution in [0.1, 0.15) is 46.5 Å². The Hall–Kier alpha value is -0.820. The standard InChI is InChI=1S/C15H27NO5S/c1-14(2,3)12-15(10-16(12)13(17)18)7-5-11(6-8-15)9-21-22(4,19)20/h11-12H,5-10H2,1-4H3,(H,17,18). The van der Waals surface area contributed by atoms with Crippen molar-refractivity contribution < 1.29 is 22.5 Å². The van der Waals surface area contributed by atoms with E-state index in [2.05, 4.69) is 20.8 Å². The van der Waals surface area contributed by atoms with Crippen molar-refractivity contribution in [3.8, 4) is 0 Å². The summed E-state index contributed by atoms with van der Waals surface area (Å²) in [6.45, 7) is 7.12. The third-order valence-corrected chi connectivity index (χ3v) is 5.63. The zero-order valence-corrected chi connectivity index (χ0v) is 14.6. The van der Waals surface area contributed by atoms with Crippen LogP contribution in [0, 0.1) is 16.7 Å². The number of hydrogen-bond acceptors (Lipinski definition) is 4. The van der Waals surface area contributed by atoms with Crippen LogP contribution in [-0.4, -0.2) is 50.0 Å². The van der Waals surface area contributed by atoms with Crippen LogP contribution in [-0.2, 0) is 14.3 Å². The van der Waals surface area contributed by atoms with E-state index in [1.165, 1.54) is 0 Å². The minimum absolute atomic E-state index is 0.0364. The van der Waals surface area contributed by atoms with E-state index in [0.29, 0.717) is 6.54 Å². The largest absolute Gasteiger partial charge is 0.465 e. The van der Waals surface area contributed by atoms with Crippen LogP contribution in [0.4, 0.5) is 4.79 Å². The van der Waals surface area contributed by atoms with Gasteiger partial charge in [-0.2, -0.15) is 8.42 Å². The lowest BCUT2D eigenvalue weighted by Crippen LogP contribution is -2.71. The maximum absolute atomic E-state index is 11.4. The maximum Gasteiger partial charge on any atom is 0.407 e. The number of likely N-dealkylation sites (tertiary alicyclic amines) is 1. The molecule has 0 aromatic rings. The predicted octanol–water partition coefficient (Wildman–Crippen LogP) is 2.55. The molecule has 1 unspecified atom stereocenters. The molecule has 1 spiro atoms. The van der Waals surface area contributed by atoms with Crippen LogP contribution in [0.15, 0.2) is 0 Å². The number of carbonyl (C=O) groups is 1. The van der Waals surface area contributed by atoms with E-state index in [4.69, 9.17) is 4.18 Å². The van der Waals surface area contributed by atoms with E-state index >= 15 is 0 Å². The van der Waals surface area contributed by atoms with Gasteiger partial charge in [0.25, 0.3) is 10.1 Å². The fourth-order valence-corrected chi connectivity index (χ4v) is 4.81. The van der Waals surface area contributed by atoms with Crippen LogP contribution < -0.4 is 0 Å². The van der Waals surface area contributed by atoms with Gasteiger partial charge in [-0.25, -0.2) is 4.79 Å². The average molecular weight is 333 g/mol. The van der Waals surface area contributed by atoms with E-state index in [1.54, 1.807) is 4.90 Å². The first-order valence-corrected chi connectivity index (χ1v) is 9.60. The number of rotatable bonds is 3. The van der Waals surface area contributed by atoms with Gasteiger partial charge in [-0.05, 0) is 37.0 Å². The zero-order chi connectivity index (χ0) is 16.8. The summed E-state index contributed by atoms with van der Waals surface area (Å²) in [5, 5.41) is 9.35. The van der Waals surface area contributed by atoms with E-state index in [-0.39, 0.29) is 29.4 Å². The molecule has 1 amide bonds. The van der Waals surface area contributed by atoms with E-state index in [1.807, 2.05) is 0 Å². The highest BCUT2D eigenvalue weighted by Gasteiger charge is 2.59. The molecule has 128 valence electrons. The minimum atomic E-state index is -3.38. The summed E-state index contributed by atoms with van der Waals surface area (Å²) >= 11 is 0. The van der Waals surface area contributed by atoms with Crippen molar-refractivity contribution in [1.82, 2.24) is 4.90 Å². The first kappa shape index (κ1) is 17.5. The zero-order valence-electron chi connectivity index (χ0n) is 13.8. The Morgan fingerprint density at radius 2 is 1.86 bits per heavy atom. The normalized spacial score (nSPS) is 32.8. The van der Waals surface area contributed by atoms with E-state index in [9.17, 15) is 18.3 Å². The van der Waals surface area contributed by atoms with Gasteiger partial charge in [0.05, 0.1) is 12.9 Å². The summed E-state index contributed by atoms with van der Waals surface area (Å²) in [5.74, 6) is 0.250. The Kier molecular flexibility index (Phi) is 4.52. The van der Waals surface area contributed by atoms with Crippen LogP contribution in [0.5, 0.6) is 0 Å². The van der Waals surface area contributed by atoms with Gasteiger partial charge in [-0.3, -0.25) is 4.18 Å². The Morgan fingerprint density at radius 3 is 2.27 bits per heavy atom. The molecule has 2 rings (SSSR count). The summed E-state index contributed by atoms with van der Waals surface area (Å²) in [6.07, 6.45) is 3.91. The lowest BCUT2D eigenvalue weighted by molar-refractivity contribution is -0.132. The molecule has 7 heteroatoms. The molecule has 1 heterocycles. The van der Waals surface area contributed by atoms with Crippen LogP contribution >= 0.6 is 0 Å². The summed E-state index contributed by atoms with van der Waals surface area (Å²) in [6, 6.07) is 0.0364. The second-order valence-electron chi connectivity index (χ2n) is 7.97. The SMILES string of the molecule is CC(C)(C)C1N(C(=O)O)CC12CCC(COS(C)(=O)=O)CC2. The lowest BCUT2D eigenvalue weighted by Gasteiger charge is -2.63. The third-order valence-electron chi connectivity index (χ3n) is 5.06. The van der Waals surface area contributed by atoms with E-state index in [0.717, 1.165) is 31.9 Å². The molecule has 1 atom stereocenters. The fraction of sp³-hybridized carbons (Fsp3) is 0.933. The Morgan fingerprint density at radius 1 is 1.32 bits per heavy atom. The van der Waals surface area contributed by atoms with Gasteiger partial charge < -0.3 is 10.0 Å². The number of hydrogen-bond donors (Lipinski definition) is 1. The molecule has 0 bridgehead atoms. The predicted molar refractivity (Wildman–Crippen MR) is 83.2 cm³/mol. The van der Waals surface area contributed by atoms with Gasteiger partial charge in [-0.1, -0.05) is 20.8 Å². The van der Waals surface area contributed by atoms with Crippen molar-refractivity contribution in [2.24, 2.45) is 16.7 Å². The molecule has 1 aliphatic heterocycles. The summed E-state index contributed by atoms with van der Waals surface area (Å²) < 4.78 is 27.1. The first-order valence-electron chi connectivity index (χ1n) is 7.79. The Balaban J connectivity index is 1.99. The molecule has 2 fully saturated rings. The van der Waals surface area contributed by atoms with Gasteiger partial charge in [0.15, 0.2) is 0 Å². The Labute approximate surface area is 133 Å². The second-order valence-corrected chi connectivity index (χ2v) is 9.62. The molecule has 1 N–H and O–H groups in total. The highest BCUT2D eigenvalue weighted by molar-refractivity contribution is 7.85. The third kappa shape index (κ3) is 3.56. The first-order chi connectivity index (χ1) is 9.95. The van der Waals surface area contributed by atoms with E-state index < -0.39 is 16.2 Å². The molecule has 0 aromatic carbocycles. The molecule has 1 aliphatic carbocycles. The molecular weight excluding hydrogens is 306 g/mol. The van der Waals surface area contributed by atoms with Crippen molar-refractivity contribution >= 4 is 16.2 Å². The van der Waals surface area contributed by atoms with Crippen molar-refractivity contribution in [2.45, 2.75) is 52.5 Å². The van der Waals surface area contributed by atoms with Gasteiger partial charge >= 0.3 is 6.09 Å².